The van der Waals surface area contributed by atoms with Crippen molar-refractivity contribution >= 4 is 9.84 Å². The average molecular weight is 310 g/mol. The molecule has 5 nitrogen and oxygen atoms in total. The van der Waals surface area contributed by atoms with Crippen molar-refractivity contribution in [2.75, 3.05) is 32.5 Å². The SMILES string of the molecule is CCN(CCOc1cccc(S(C)(=O)=O)c1)C[C@H](C)C#N. The predicted molar refractivity (Wildman–Crippen MR) is 81.9 cm³/mol. The molecule has 0 heterocycles. The van der Waals surface area contributed by atoms with Crippen LogP contribution in [-0.2, 0) is 9.84 Å². The van der Waals surface area contributed by atoms with Crippen molar-refractivity contribution in [1.29, 1.82) is 5.26 Å². The van der Waals surface area contributed by atoms with Gasteiger partial charge in [-0.15, -0.1) is 0 Å². The van der Waals surface area contributed by atoms with E-state index in [1.807, 2.05) is 13.8 Å². The number of hydrogen-bond donors (Lipinski definition) is 0. The average Bonchev–Trinajstić information content (AvgIpc) is 2.45. The monoisotopic (exact) mass is 310 g/mol. The third kappa shape index (κ3) is 6.15. The first-order chi connectivity index (χ1) is 9.86. The van der Waals surface area contributed by atoms with Crippen LogP contribution < -0.4 is 4.74 Å². The Morgan fingerprint density at radius 1 is 1.43 bits per heavy atom. The highest BCUT2D eigenvalue weighted by Crippen LogP contribution is 2.17. The fraction of sp³-hybridized carbons (Fsp3) is 0.533. The maximum atomic E-state index is 11.5. The van der Waals surface area contributed by atoms with Crippen LogP contribution in [0.2, 0.25) is 0 Å². The van der Waals surface area contributed by atoms with Crippen molar-refractivity contribution in [2.45, 2.75) is 18.7 Å². The number of sulfone groups is 1. The zero-order valence-corrected chi connectivity index (χ0v) is 13.6. The van der Waals surface area contributed by atoms with E-state index in [1.54, 1.807) is 18.2 Å². The minimum absolute atomic E-state index is 0.0153. The lowest BCUT2D eigenvalue weighted by atomic mass is 10.2. The number of ether oxygens (including phenoxy) is 1. The van der Waals surface area contributed by atoms with Gasteiger partial charge in [0.2, 0.25) is 0 Å². The van der Waals surface area contributed by atoms with Crippen molar-refractivity contribution in [3.63, 3.8) is 0 Å². The molecule has 6 heteroatoms. The van der Waals surface area contributed by atoms with Crippen LogP contribution in [0.1, 0.15) is 13.8 Å². The Hall–Kier alpha value is -1.58. The van der Waals surface area contributed by atoms with E-state index < -0.39 is 9.84 Å². The fourth-order valence-electron chi connectivity index (χ4n) is 1.89. The Bertz CT molecular complexity index is 593. The first-order valence-corrected chi connectivity index (χ1v) is 8.80. The van der Waals surface area contributed by atoms with E-state index in [-0.39, 0.29) is 10.8 Å². The molecule has 0 fully saturated rings. The summed E-state index contributed by atoms with van der Waals surface area (Å²) in [6, 6.07) is 8.70. The fourth-order valence-corrected chi connectivity index (χ4v) is 2.55. The molecule has 0 amide bonds. The summed E-state index contributed by atoms with van der Waals surface area (Å²) in [6.45, 7) is 6.64. The Balaban J connectivity index is 2.54. The largest absolute Gasteiger partial charge is 0.492 e. The Morgan fingerprint density at radius 2 is 2.14 bits per heavy atom. The number of benzene rings is 1. The lowest BCUT2D eigenvalue weighted by Gasteiger charge is -2.21. The van der Waals surface area contributed by atoms with Gasteiger partial charge in [-0.2, -0.15) is 5.26 Å². The Morgan fingerprint density at radius 3 is 2.71 bits per heavy atom. The molecule has 1 atom stereocenters. The second-order valence-electron chi connectivity index (χ2n) is 5.02. The molecule has 0 bridgehead atoms. The van der Waals surface area contributed by atoms with Crippen LogP contribution in [0.4, 0.5) is 0 Å². The molecular formula is C15H22N2O3S. The molecular weight excluding hydrogens is 288 g/mol. The van der Waals surface area contributed by atoms with Crippen LogP contribution in [0.15, 0.2) is 29.2 Å². The van der Waals surface area contributed by atoms with E-state index in [9.17, 15) is 8.42 Å². The van der Waals surface area contributed by atoms with Gasteiger partial charge >= 0.3 is 0 Å². The van der Waals surface area contributed by atoms with Gasteiger partial charge in [-0.3, -0.25) is 4.90 Å². The molecule has 116 valence electrons. The summed E-state index contributed by atoms with van der Waals surface area (Å²) in [7, 11) is -3.22. The van der Waals surface area contributed by atoms with Crippen molar-refractivity contribution in [1.82, 2.24) is 4.90 Å². The quantitative estimate of drug-likeness (QED) is 0.734. The molecule has 1 rings (SSSR count). The molecule has 21 heavy (non-hydrogen) atoms. The van der Waals surface area contributed by atoms with Crippen LogP contribution in [0.5, 0.6) is 5.75 Å². The minimum atomic E-state index is -3.22. The van der Waals surface area contributed by atoms with Crippen LogP contribution >= 0.6 is 0 Å². The molecule has 1 aromatic rings. The van der Waals surface area contributed by atoms with Gasteiger partial charge in [-0.25, -0.2) is 8.42 Å². The second kappa shape index (κ2) is 8.01. The molecule has 0 unspecified atom stereocenters. The molecule has 0 spiro atoms. The van der Waals surface area contributed by atoms with Crippen LogP contribution in [0.25, 0.3) is 0 Å². The van der Waals surface area contributed by atoms with E-state index in [0.29, 0.717) is 25.4 Å². The lowest BCUT2D eigenvalue weighted by Crippen LogP contribution is -2.32. The molecule has 0 aromatic heterocycles. The smallest absolute Gasteiger partial charge is 0.175 e. The highest BCUT2D eigenvalue weighted by atomic mass is 32.2. The zero-order valence-electron chi connectivity index (χ0n) is 12.7. The predicted octanol–water partition coefficient (Wildman–Crippen LogP) is 1.95. The number of likely N-dealkylation sites (N-methyl/N-ethyl adjacent to an activating group) is 1. The molecule has 0 radical (unpaired) electrons. The summed E-state index contributed by atoms with van der Waals surface area (Å²) in [5.74, 6) is 0.529. The minimum Gasteiger partial charge on any atom is -0.492 e. The highest BCUT2D eigenvalue weighted by Gasteiger charge is 2.10. The van der Waals surface area contributed by atoms with E-state index in [2.05, 4.69) is 11.0 Å². The second-order valence-corrected chi connectivity index (χ2v) is 7.03. The molecule has 0 aliphatic carbocycles. The van der Waals surface area contributed by atoms with Crippen molar-refractivity contribution in [3.8, 4) is 11.8 Å². The highest BCUT2D eigenvalue weighted by molar-refractivity contribution is 7.90. The molecule has 1 aromatic carbocycles. The molecule has 0 saturated carbocycles. The summed E-state index contributed by atoms with van der Waals surface area (Å²) >= 11 is 0. The van der Waals surface area contributed by atoms with E-state index in [4.69, 9.17) is 10.00 Å². The van der Waals surface area contributed by atoms with Gasteiger partial charge in [0.1, 0.15) is 12.4 Å². The van der Waals surface area contributed by atoms with Gasteiger partial charge in [0.25, 0.3) is 0 Å². The summed E-state index contributed by atoms with van der Waals surface area (Å²) < 4.78 is 28.5. The van der Waals surface area contributed by atoms with Crippen molar-refractivity contribution in [3.05, 3.63) is 24.3 Å². The van der Waals surface area contributed by atoms with Gasteiger partial charge in [0.15, 0.2) is 9.84 Å². The van der Waals surface area contributed by atoms with Crippen molar-refractivity contribution < 1.29 is 13.2 Å². The van der Waals surface area contributed by atoms with Crippen LogP contribution in [-0.4, -0.2) is 45.8 Å². The number of rotatable bonds is 8. The first kappa shape index (κ1) is 17.5. The molecule has 0 aliphatic rings. The summed E-state index contributed by atoms with van der Waals surface area (Å²) in [4.78, 5) is 2.39. The van der Waals surface area contributed by atoms with Gasteiger partial charge < -0.3 is 4.74 Å². The summed E-state index contributed by atoms with van der Waals surface area (Å²) in [6.07, 6.45) is 1.17. The normalized spacial score (nSPS) is 12.9. The summed E-state index contributed by atoms with van der Waals surface area (Å²) in [5, 5.41) is 8.82. The van der Waals surface area contributed by atoms with Gasteiger partial charge in [0, 0.05) is 19.3 Å². The molecule has 0 saturated heterocycles. The van der Waals surface area contributed by atoms with Crippen LogP contribution in [0.3, 0.4) is 0 Å². The van der Waals surface area contributed by atoms with E-state index in [1.165, 1.54) is 12.3 Å². The Kier molecular flexibility index (Phi) is 6.66. The van der Waals surface area contributed by atoms with Gasteiger partial charge in [-0.05, 0) is 31.7 Å². The number of nitrogens with zero attached hydrogens (tertiary/aromatic N) is 2. The molecule has 0 aliphatic heterocycles. The lowest BCUT2D eigenvalue weighted by molar-refractivity contribution is 0.206. The molecule has 0 N–H and O–H groups in total. The zero-order chi connectivity index (χ0) is 15.9. The standard InChI is InChI=1S/C15H22N2O3S/c1-4-17(12-13(2)11-16)8-9-20-14-6-5-7-15(10-14)21(3,18)19/h5-7,10,13H,4,8-9,12H2,1-3H3/t13-/m1/s1. The van der Waals surface area contributed by atoms with Gasteiger partial charge in [-0.1, -0.05) is 13.0 Å². The topological polar surface area (TPSA) is 70.4 Å². The van der Waals surface area contributed by atoms with Crippen molar-refractivity contribution in [2.24, 2.45) is 5.92 Å². The van der Waals surface area contributed by atoms with Gasteiger partial charge in [0.05, 0.1) is 16.9 Å². The van der Waals surface area contributed by atoms with E-state index >= 15 is 0 Å². The van der Waals surface area contributed by atoms with E-state index in [0.717, 1.165) is 6.54 Å². The third-order valence-electron chi connectivity index (χ3n) is 3.11. The summed E-state index contributed by atoms with van der Waals surface area (Å²) in [5.41, 5.74) is 0. The maximum Gasteiger partial charge on any atom is 0.175 e. The maximum absolute atomic E-state index is 11.5. The third-order valence-corrected chi connectivity index (χ3v) is 4.22. The van der Waals surface area contributed by atoms with Crippen LogP contribution in [0, 0.1) is 17.2 Å². The number of hydrogen-bond acceptors (Lipinski definition) is 5. The Labute approximate surface area is 127 Å². The number of nitriles is 1. The first-order valence-electron chi connectivity index (χ1n) is 6.91.